The van der Waals surface area contributed by atoms with Crippen LogP contribution in [0.3, 0.4) is 0 Å². The van der Waals surface area contributed by atoms with Crippen LogP contribution in [-0.4, -0.2) is 38.3 Å². The van der Waals surface area contributed by atoms with E-state index in [1.54, 1.807) is 0 Å². The van der Waals surface area contributed by atoms with Crippen LogP contribution in [0.2, 0.25) is 0 Å². The van der Waals surface area contributed by atoms with Crippen LogP contribution in [0.25, 0.3) is 0 Å². The third-order valence-electron chi connectivity index (χ3n) is 5.79. The van der Waals surface area contributed by atoms with Gasteiger partial charge in [0.1, 0.15) is 28.2 Å². The maximum Gasteiger partial charge on any atom is 0.246 e. The molecule has 0 N–H and O–H groups in total. The predicted octanol–water partition coefficient (Wildman–Crippen LogP) is 3.62. The number of anilines is 1. The summed E-state index contributed by atoms with van der Waals surface area (Å²) in [6, 6.07) is 4.19. The highest BCUT2D eigenvalue weighted by Gasteiger charge is 2.37. The Morgan fingerprint density at radius 1 is 0.903 bits per heavy atom. The summed E-state index contributed by atoms with van der Waals surface area (Å²) in [7, 11) is -4.26. The molecule has 0 aliphatic carbocycles. The predicted molar refractivity (Wildman–Crippen MR) is 105 cm³/mol. The second kappa shape index (κ2) is 8.23. The second-order valence-corrected chi connectivity index (χ2v) is 9.65. The van der Waals surface area contributed by atoms with Gasteiger partial charge in [0.15, 0.2) is 0 Å². The number of halogens is 4. The number of rotatable bonds is 3. The minimum Gasteiger partial charge on any atom is -0.309 e. The van der Waals surface area contributed by atoms with E-state index in [-0.39, 0.29) is 37.5 Å². The van der Waals surface area contributed by atoms with Crippen LogP contribution < -0.4 is 4.90 Å². The molecule has 0 unspecified atom stereocenters. The molecule has 0 atom stereocenters. The van der Waals surface area contributed by atoms with Gasteiger partial charge in [-0.15, -0.1) is 0 Å². The number of carbonyl (C=O) groups excluding carboxylic acids is 1. The van der Waals surface area contributed by atoms with E-state index >= 15 is 0 Å². The first-order chi connectivity index (χ1) is 14.7. The molecule has 0 saturated carbocycles. The van der Waals surface area contributed by atoms with E-state index in [2.05, 4.69) is 0 Å². The number of carbonyl (C=O) groups is 1. The molecule has 1 amide bonds. The lowest BCUT2D eigenvalue weighted by Crippen LogP contribution is -2.46. The van der Waals surface area contributed by atoms with E-state index in [0.29, 0.717) is 31.0 Å². The number of piperidine rings is 1. The minimum absolute atomic E-state index is 0.0543. The van der Waals surface area contributed by atoms with Gasteiger partial charge in [0.2, 0.25) is 15.9 Å². The van der Waals surface area contributed by atoms with Crippen molar-refractivity contribution in [2.24, 2.45) is 5.92 Å². The Morgan fingerprint density at radius 3 is 2.32 bits per heavy atom. The Balaban J connectivity index is 1.50. The topological polar surface area (TPSA) is 57.7 Å². The SMILES string of the molecule is O=C(C1CCN(S(=O)(=O)c2cc(F)ccc2F)CC1)N1CCCc2cc(F)cc(F)c21. The number of hydrogen-bond acceptors (Lipinski definition) is 3. The van der Waals surface area contributed by atoms with E-state index in [1.165, 1.54) is 11.0 Å². The van der Waals surface area contributed by atoms with E-state index < -0.39 is 44.1 Å². The van der Waals surface area contributed by atoms with Crippen molar-refractivity contribution in [1.29, 1.82) is 0 Å². The number of amides is 1. The summed E-state index contributed by atoms with van der Waals surface area (Å²) in [4.78, 5) is 13.6. The van der Waals surface area contributed by atoms with E-state index in [9.17, 15) is 30.8 Å². The molecule has 31 heavy (non-hydrogen) atoms. The molecular weight excluding hydrogens is 436 g/mol. The summed E-state index contributed by atoms with van der Waals surface area (Å²) in [5.74, 6) is -4.32. The van der Waals surface area contributed by atoms with Crippen molar-refractivity contribution < 1.29 is 30.8 Å². The molecule has 1 fully saturated rings. The maximum absolute atomic E-state index is 14.4. The fourth-order valence-corrected chi connectivity index (χ4v) is 5.80. The van der Waals surface area contributed by atoms with E-state index in [1.807, 2.05) is 0 Å². The first kappa shape index (κ1) is 21.8. The molecule has 0 aromatic heterocycles. The summed E-state index contributed by atoms with van der Waals surface area (Å²) in [6.45, 7) is 0.185. The van der Waals surface area contributed by atoms with Crippen LogP contribution in [0.1, 0.15) is 24.8 Å². The highest BCUT2D eigenvalue weighted by molar-refractivity contribution is 7.89. The molecule has 0 spiro atoms. The lowest BCUT2D eigenvalue weighted by Gasteiger charge is -2.36. The average molecular weight is 456 g/mol. The van der Waals surface area contributed by atoms with Crippen LogP contribution in [0, 0.1) is 29.2 Å². The third-order valence-corrected chi connectivity index (χ3v) is 7.70. The Hall–Kier alpha value is -2.46. The molecule has 2 aliphatic heterocycles. The van der Waals surface area contributed by atoms with Gasteiger partial charge in [0.05, 0.1) is 5.69 Å². The average Bonchev–Trinajstić information content (AvgIpc) is 2.74. The molecule has 4 rings (SSSR count). The molecule has 1 saturated heterocycles. The Kier molecular flexibility index (Phi) is 5.78. The maximum atomic E-state index is 14.4. The number of sulfonamides is 1. The quantitative estimate of drug-likeness (QED) is 0.663. The smallest absolute Gasteiger partial charge is 0.246 e. The summed E-state index contributed by atoms with van der Waals surface area (Å²) in [5.41, 5.74) is 0.508. The monoisotopic (exact) mass is 456 g/mol. The van der Waals surface area contributed by atoms with E-state index in [0.717, 1.165) is 22.5 Å². The molecule has 10 heteroatoms. The molecule has 2 heterocycles. The summed E-state index contributed by atoms with van der Waals surface area (Å²) >= 11 is 0. The first-order valence-electron chi connectivity index (χ1n) is 9.93. The summed E-state index contributed by atoms with van der Waals surface area (Å²) in [5, 5.41) is 0. The Morgan fingerprint density at radius 2 is 1.61 bits per heavy atom. The molecule has 0 radical (unpaired) electrons. The zero-order valence-corrected chi connectivity index (χ0v) is 17.3. The van der Waals surface area contributed by atoms with Crippen LogP contribution in [-0.2, 0) is 21.2 Å². The van der Waals surface area contributed by atoms with Gasteiger partial charge in [-0.25, -0.2) is 26.0 Å². The number of hydrogen-bond donors (Lipinski definition) is 0. The van der Waals surface area contributed by atoms with Gasteiger partial charge in [0.25, 0.3) is 0 Å². The summed E-state index contributed by atoms with van der Waals surface area (Å²) in [6.07, 6.45) is 1.34. The van der Waals surface area contributed by atoms with Crippen molar-refractivity contribution in [3.63, 3.8) is 0 Å². The molecule has 166 valence electrons. The lowest BCUT2D eigenvalue weighted by atomic mass is 9.93. The van der Waals surface area contributed by atoms with Crippen LogP contribution >= 0.6 is 0 Å². The van der Waals surface area contributed by atoms with Crippen molar-refractivity contribution in [2.75, 3.05) is 24.5 Å². The van der Waals surface area contributed by atoms with Gasteiger partial charge in [-0.2, -0.15) is 4.31 Å². The van der Waals surface area contributed by atoms with Crippen molar-refractivity contribution in [3.8, 4) is 0 Å². The highest BCUT2D eigenvalue weighted by atomic mass is 32.2. The van der Waals surface area contributed by atoms with Crippen LogP contribution in [0.5, 0.6) is 0 Å². The fourth-order valence-electron chi connectivity index (χ4n) is 4.25. The first-order valence-corrected chi connectivity index (χ1v) is 11.4. The van der Waals surface area contributed by atoms with Gasteiger partial charge in [0, 0.05) is 31.6 Å². The third kappa shape index (κ3) is 4.06. The normalized spacial score (nSPS) is 18.1. The molecular formula is C21H20F4N2O3S. The van der Waals surface area contributed by atoms with Crippen molar-refractivity contribution in [1.82, 2.24) is 4.31 Å². The van der Waals surface area contributed by atoms with Gasteiger partial charge >= 0.3 is 0 Å². The van der Waals surface area contributed by atoms with E-state index in [4.69, 9.17) is 0 Å². The fraction of sp³-hybridized carbons (Fsp3) is 0.381. The molecule has 2 aromatic rings. The number of aryl methyl sites for hydroxylation is 1. The Bertz CT molecular complexity index is 1130. The van der Waals surface area contributed by atoms with Crippen LogP contribution in [0.15, 0.2) is 35.2 Å². The molecule has 2 aliphatic rings. The Labute approximate surface area is 177 Å². The summed E-state index contributed by atoms with van der Waals surface area (Å²) < 4.78 is 81.8. The van der Waals surface area contributed by atoms with Crippen molar-refractivity contribution in [2.45, 2.75) is 30.6 Å². The molecule has 0 bridgehead atoms. The molecule has 5 nitrogen and oxygen atoms in total. The van der Waals surface area contributed by atoms with Gasteiger partial charge in [-0.1, -0.05) is 0 Å². The minimum atomic E-state index is -4.26. The second-order valence-electron chi connectivity index (χ2n) is 7.74. The van der Waals surface area contributed by atoms with Gasteiger partial charge in [-0.3, -0.25) is 4.79 Å². The van der Waals surface area contributed by atoms with Crippen molar-refractivity contribution >= 4 is 21.6 Å². The standard InChI is InChI=1S/C21H20F4N2O3S/c22-15-3-4-17(24)19(12-15)31(29,30)26-8-5-13(6-9-26)21(28)27-7-1-2-14-10-16(23)11-18(25)20(14)27/h3-4,10-13H,1-2,5-9H2. The number of fused-ring (bicyclic) bond motifs is 1. The van der Waals surface area contributed by atoms with Crippen LogP contribution in [0.4, 0.5) is 23.2 Å². The number of benzene rings is 2. The van der Waals surface area contributed by atoms with Gasteiger partial charge in [-0.05, 0) is 55.5 Å². The zero-order valence-electron chi connectivity index (χ0n) is 16.5. The zero-order chi connectivity index (χ0) is 22.3. The van der Waals surface area contributed by atoms with Crippen molar-refractivity contribution in [3.05, 3.63) is 59.2 Å². The lowest BCUT2D eigenvalue weighted by molar-refractivity contribution is -0.123. The highest BCUT2D eigenvalue weighted by Crippen LogP contribution is 2.34. The van der Waals surface area contributed by atoms with Gasteiger partial charge < -0.3 is 4.90 Å². The molecule has 2 aromatic carbocycles. The largest absolute Gasteiger partial charge is 0.309 e. The number of nitrogens with zero attached hydrogens (tertiary/aromatic N) is 2.